The van der Waals surface area contributed by atoms with E-state index in [4.69, 9.17) is 0 Å². The summed E-state index contributed by atoms with van der Waals surface area (Å²) in [5, 5.41) is 2.98. The first-order valence-corrected chi connectivity index (χ1v) is 6.74. The highest BCUT2D eigenvalue weighted by Crippen LogP contribution is 2.26. The van der Waals surface area contributed by atoms with Crippen LogP contribution < -0.4 is 5.32 Å². The predicted molar refractivity (Wildman–Crippen MR) is 77.3 cm³/mol. The van der Waals surface area contributed by atoms with E-state index in [1.54, 1.807) is 0 Å². The Morgan fingerprint density at radius 3 is 2.32 bits per heavy atom. The lowest BCUT2D eigenvalue weighted by atomic mass is 10.1. The summed E-state index contributed by atoms with van der Waals surface area (Å²) in [4.78, 5) is 0. The molecule has 1 N–H and O–H groups in total. The van der Waals surface area contributed by atoms with E-state index in [1.165, 1.54) is 0 Å². The van der Waals surface area contributed by atoms with Crippen molar-refractivity contribution in [2.45, 2.75) is 19.9 Å². The van der Waals surface area contributed by atoms with Crippen LogP contribution in [0.1, 0.15) is 24.1 Å². The second-order valence-corrected chi connectivity index (χ2v) is 5.38. The highest BCUT2D eigenvalue weighted by atomic mass is 79.9. The van der Waals surface area contributed by atoms with Gasteiger partial charge >= 0.3 is 0 Å². The van der Waals surface area contributed by atoms with E-state index in [-0.39, 0.29) is 16.2 Å². The van der Waals surface area contributed by atoms with Crippen molar-refractivity contribution in [2.75, 3.05) is 5.32 Å². The summed E-state index contributed by atoms with van der Waals surface area (Å²) in [5.41, 5.74) is 2.35. The van der Waals surface area contributed by atoms with Gasteiger partial charge in [-0.25, -0.2) is 8.78 Å². The van der Waals surface area contributed by atoms with Crippen molar-refractivity contribution in [3.63, 3.8) is 0 Å². The Labute approximate surface area is 119 Å². The standard InChI is InChI=1S/C15H14BrF2N/c1-9-3-5-11(6-4-9)10(2)19-15-8-13(17)12(16)7-14(15)18/h3-8,10,19H,1-2H3. The number of benzene rings is 2. The van der Waals surface area contributed by atoms with Crippen molar-refractivity contribution in [1.82, 2.24) is 0 Å². The van der Waals surface area contributed by atoms with Gasteiger partial charge in [-0.15, -0.1) is 0 Å². The molecule has 0 heterocycles. The Balaban J connectivity index is 2.21. The molecule has 2 aromatic carbocycles. The van der Waals surface area contributed by atoms with Gasteiger partial charge in [0.1, 0.15) is 11.6 Å². The van der Waals surface area contributed by atoms with Crippen LogP contribution in [0.2, 0.25) is 0 Å². The molecule has 19 heavy (non-hydrogen) atoms. The quantitative estimate of drug-likeness (QED) is 0.764. The van der Waals surface area contributed by atoms with Crippen LogP contribution in [0.15, 0.2) is 40.9 Å². The molecule has 2 aromatic rings. The summed E-state index contributed by atoms with van der Waals surface area (Å²) in [6, 6.07) is 10.1. The first-order valence-electron chi connectivity index (χ1n) is 5.95. The fourth-order valence-corrected chi connectivity index (χ4v) is 2.12. The molecule has 0 amide bonds. The SMILES string of the molecule is Cc1ccc(C(C)Nc2cc(F)c(Br)cc2F)cc1. The molecule has 4 heteroatoms. The van der Waals surface area contributed by atoms with Crippen molar-refractivity contribution in [3.05, 3.63) is 63.6 Å². The van der Waals surface area contributed by atoms with Gasteiger partial charge in [0.05, 0.1) is 10.2 Å². The highest BCUT2D eigenvalue weighted by Gasteiger charge is 2.11. The van der Waals surface area contributed by atoms with Gasteiger partial charge in [0.15, 0.2) is 0 Å². The average molecular weight is 326 g/mol. The first kappa shape index (κ1) is 14.0. The molecule has 0 aliphatic rings. The van der Waals surface area contributed by atoms with Crippen LogP contribution in [0.3, 0.4) is 0 Å². The third kappa shape index (κ3) is 3.32. The maximum Gasteiger partial charge on any atom is 0.147 e. The first-order chi connectivity index (χ1) is 8.97. The summed E-state index contributed by atoms with van der Waals surface area (Å²) in [7, 11) is 0. The number of aryl methyl sites for hydroxylation is 1. The monoisotopic (exact) mass is 325 g/mol. The van der Waals surface area contributed by atoms with Crippen molar-refractivity contribution in [1.29, 1.82) is 0 Å². The lowest BCUT2D eigenvalue weighted by molar-refractivity contribution is 0.595. The van der Waals surface area contributed by atoms with Crippen LogP contribution in [0.4, 0.5) is 14.5 Å². The zero-order chi connectivity index (χ0) is 14.0. The molecule has 1 unspecified atom stereocenters. The van der Waals surface area contributed by atoms with E-state index in [9.17, 15) is 8.78 Å². The number of anilines is 1. The van der Waals surface area contributed by atoms with Crippen LogP contribution >= 0.6 is 15.9 Å². The Hall–Kier alpha value is -1.42. The minimum absolute atomic E-state index is 0.101. The Morgan fingerprint density at radius 2 is 1.68 bits per heavy atom. The van der Waals surface area contributed by atoms with E-state index in [0.717, 1.165) is 23.3 Å². The van der Waals surface area contributed by atoms with Crippen molar-refractivity contribution in [3.8, 4) is 0 Å². The molecule has 1 nitrogen and oxygen atoms in total. The van der Waals surface area contributed by atoms with Crippen LogP contribution in [0.5, 0.6) is 0 Å². The minimum Gasteiger partial charge on any atom is -0.376 e. The number of hydrogen-bond acceptors (Lipinski definition) is 1. The number of nitrogens with one attached hydrogen (secondary N) is 1. The molecular weight excluding hydrogens is 312 g/mol. The average Bonchev–Trinajstić information content (AvgIpc) is 2.36. The van der Waals surface area contributed by atoms with Gasteiger partial charge in [-0.1, -0.05) is 29.8 Å². The number of hydrogen-bond donors (Lipinski definition) is 1. The van der Waals surface area contributed by atoms with E-state index >= 15 is 0 Å². The van der Waals surface area contributed by atoms with E-state index in [2.05, 4.69) is 21.2 Å². The minimum atomic E-state index is -0.486. The van der Waals surface area contributed by atoms with Gasteiger partial charge in [-0.3, -0.25) is 0 Å². The second-order valence-electron chi connectivity index (χ2n) is 4.52. The fourth-order valence-electron chi connectivity index (χ4n) is 1.80. The summed E-state index contributed by atoms with van der Waals surface area (Å²) in [5.74, 6) is -0.966. The van der Waals surface area contributed by atoms with Gasteiger partial charge in [-0.2, -0.15) is 0 Å². The third-order valence-corrected chi connectivity index (χ3v) is 3.57. The Kier molecular flexibility index (Phi) is 4.20. The Bertz CT molecular complexity index is 581. The summed E-state index contributed by atoms with van der Waals surface area (Å²) >= 11 is 2.96. The van der Waals surface area contributed by atoms with Gasteiger partial charge in [0, 0.05) is 12.1 Å². The highest BCUT2D eigenvalue weighted by molar-refractivity contribution is 9.10. The molecule has 0 saturated heterocycles. The zero-order valence-corrected chi connectivity index (χ0v) is 12.3. The molecular formula is C15H14BrF2N. The van der Waals surface area contributed by atoms with Crippen molar-refractivity contribution in [2.24, 2.45) is 0 Å². The second kappa shape index (κ2) is 5.70. The van der Waals surface area contributed by atoms with Gasteiger partial charge in [-0.05, 0) is 41.4 Å². The van der Waals surface area contributed by atoms with Crippen molar-refractivity contribution >= 4 is 21.6 Å². The topological polar surface area (TPSA) is 12.0 Å². The molecule has 100 valence electrons. The van der Waals surface area contributed by atoms with Crippen molar-refractivity contribution < 1.29 is 8.78 Å². The molecule has 1 atom stereocenters. The van der Waals surface area contributed by atoms with Gasteiger partial charge in [0.2, 0.25) is 0 Å². The third-order valence-electron chi connectivity index (χ3n) is 2.96. The molecule has 2 rings (SSSR count). The van der Waals surface area contributed by atoms with E-state index in [1.807, 2.05) is 38.1 Å². The summed E-state index contributed by atoms with van der Waals surface area (Å²) < 4.78 is 27.2. The molecule has 0 aliphatic carbocycles. The number of rotatable bonds is 3. The molecule has 0 aromatic heterocycles. The van der Waals surface area contributed by atoms with Gasteiger partial charge in [0.25, 0.3) is 0 Å². The molecule has 0 aliphatic heterocycles. The van der Waals surface area contributed by atoms with Crippen LogP contribution in [0.25, 0.3) is 0 Å². The largest absolute Gasteiger partial charge is 0.376 e. The maximum absolute atomic E-state index is 13.7. The molecule has 0 fully saturated rings. The zero-order valence-electron chi connectivity index (χ0n) is 10.7. The molecule has 0 radical (unpaired) electrons. The predicted octanol–water partition coefficient (Wildman–Crippen LogP) is 5.21. The van der Waals surface area contributed by atoms with Crippen LogP contribution in [-0.2, 0) is 0 Å². The summed E-state index contributed by atoms with van der Waals surface area (Å²) in [6.07, 6.45) is 0. The fraction of sp³-hybridized carbons (Fsp3) is 0.200. The maximum atomic E-state index is 13.7. The lowest BCUT2D eigenvalue weighted by Crippen LogP contribution is -2.08. The number of halogens is 3. The normalized spacial score (nSPS) is 12.3. The summed E-state index contributed by atoms with van der Waals surface area (Å²) in [6.45, 7) is 3.91. The van der Waals surface area contributed by atoms with E-state index < -0.39 is 11.6 Å². The molecule has 0 spiro atoms. The smallest absolute Gasteiger partial charge is 0.147 e. The van der Waals surface area contributed by atoms with Crippen LogP contribution in [0, 0.1) is 18.6 Å². The van der Waals surface area contributed by atoms with E-state index in [0.29, 0.717) is 0 Å². The molecule has 0 saturated carbocycles. The van der Waals surface area contributed by atoms with Crippen LogP contribution in [-0.4, -0.2) is 0 Å². The Morgan fingerprint density at radius 1 is 1.05 bits per heavy atom. The lowest BCUT2D eigenvalue weighted by Gasteiger charge is -2.17. The molecule has 0 bridgehead atoms. The van der Waals surface area contributed by atoms with Gasteiger partial charge < -0.3 is 5.32 Å².